The fourth-order valence-electron chi connectivity index (χ4n) is 9.29. The Morgan fingerprint density at radius 2 is 1.05 bits per heavy atom. The molecule has 0 bridgehead atoms. The van der Waals surface area contributed by atoms with E-state index in [-0.39, 0.29) is 0 Å². The van der Waals surface area contributed by atoms with Crippen LogP contribution in [0.15, 0.2) is 187 Å². The molecule has 0 N–H and O–H groups in total. The van der Waals surface area contributed by atoms with E-state index in [4.69, 9.17) is 10.1 Å². The number of hydrogen-bond donors (Lipinski definition) is 0. The number of fused-ring (bicyclic) bond motifs is 3. The fourth-order valence-corrected chi connectivity index (χ4v) is 9.29. The van der Waals surface area contributed by atoms with E-state index in [2.05, 4.69) is 200 Å². The molecule has 8 aromatic rings. The fraction of sp³-hybridized carbons (Fsp3) is 0.111. The van der Waals surface area contributed by atoms with Crippen LogP contribution >= 0.6 is 0 Å². The van der Waals surface area contributed by atoms with E-state index in [1.165, 1.54) is 67.3 Å². The molecule has 3 heterocycles. The minimum absolute atomic E-state index is 0.685. The lowest BCUT2D eigenvalue weighted by Gasteiger charge is -2.36. The van der Waals surface area contributed by atoms with E-state index in [9.17, 15) is 0 Å². The molecule has 284 valence electrons. The van der Waals surface area contributed by atoms with Gasteiger partial charge in [0, 0.05) is 58.1 Å². The number of aromatic nitrogens is 3. The molecule has 0 fully saturated rings. The molecule has 0 saturated carbocycles. The second kappa shape index (κ2) is 14.3. The Morgan fingerprint density at radius 3 is 1.73 bits per heavy atom. The summed E-state index contributed by atoms with van der Waals surface area (Å²) in [4.78, 5) is 10.2. The number of nitrogens with zero attached hydrogens (tertiary/aromatic N) is 5. The molecular weight excluding hydrogens is 719 g/mol. The zero-order valence-corrected chi connectivity index (χ0v) is 33.3. The normalized spacial score (nSPS) is 14.1. The third kappa shape index (κ3) is 6.09. The van der Waals surface area contributed by atoms with Crippen LogP contribution in [-0.2, 0) is 12.8 Å². The third-order valence-corrected chi connectivity index (χ3v) is 12.2. The van der Waals surface area contributed by atoms with Crippen molar-refractivity contribution in [2.45, 2.75) is 39.5 Å². The number of para-hydroxylation sites is 3. The van der Waals surface area contributed by atoms with E-state index in [0.29, 0.717) is 5.82 Å². The smallest absolute Gasteiger partial charge is 0.182 e. The summed E-state index contributed by atoms with van der Waals surface area (Å²) in [6.45, 7) is 4.36. The summed E-state index contributed by atoms with van der Waals surface area (Å²) < 4.78 is 2.02. The van der Waals surface area contributed by atoms with Gasteiger partial charge in [-0.1, -0.05) is 97.1 Å². The van der Waals surface area contributed by atoms with E-state index in [1.54, 1.807) is 0 Å². The van der Waals surface area contributed by atoms with Crippen molar-refractivity contribution in [3.05, 3.63) is 215 Å². The van der Waals surface area contributed by atoms with Crippen molar-refractivity contribution in [1.29, 1.82) is 0 Å². The number of allylic oxidation sites excluding steroid dienone is 4. The van der Waals surface area contributed by atoms with Gasteiger partial charge in [0.1, 0.15) is 0 Å². The molecule has 2 aliphatic heterocycles. The van der Waals surface area contributed by atoms with Crippen LogP contribution in [0.1, 0.15) is 40.7 Å². The van der Waals surface area contributed by atoms with Gasteiger partial charge in [-0.25, -0.2) is 9.67 Å². The first-order chi connectivity index (χ1) is 29.1. The lowest BCUT2D eigenvalue weighted by molar-refractivity contribution is 0.859. The zero-order valence-electron chi connectivity index (χ0n) is 33.3. The van der Waals surface area contributed by atoms with Crippen molar-refractivity contribution >= 4 is 28.4 Å². The van der Waals surface area contributed by atoms with E-state index in [0.717, 1.165) is 59.7 Å². The van der Waals surface area contributed by atoms with Gasteiger partial charge in [0.2, 0.25) is 0 Å². The van der Waals surface area contributed by atoms with Crippen LogP contribution in [0.3, 0.4) is 0 Å². The Bertz CT molecular complexity index is 2920. The molecule has 1 aliphatic carbocycles. The van der Waals surface area contributed by atoms with Gasteiger partial charge in [0.15, 0.2) is 11.6 Å². The maximum atomic E-state index is 5.32. The SMILES string of the molecule is Cc1ccccc1-c1ccc(-n2nc(-c3ccc(N4c5ccccc5Cc5ccccc54)cc3)nc2-c2ccc(N3C4=C(C=CCC4)Cc4ccccc43)cc2)cc1C. The highest BCUT2D eigenvalue weighted by Crippen LogP contribution is 2.45. The summed E-state index contributed by atoms with van der Waals surface area (Å²) in [6, 6.07) is 59.1. The van der Waals surface area contributed by atoms with Gasteiger partial charge in [-0.3, -0.25) is 0 Å². The number of hydrogen-bond acceptors (Lipinski definition) is 4. The summed E-state index contributed by atoms with van der Waals surface area (Å²) in [6.07, 6.45) is 8.63. The van der Waals surface area contributed by atoms with Gasteiger partial charge in [-0.05, 0) is 150 Å². The zero-order chi connectivity index (χ0) is 39.5. The van der Waals surface area contributed by atoms with E-state index >= 15 is 0 Å². The first-order valence-corrected chi connectivity index (χ1v) is 20.6. The lowest BCUT2D eigenvalue weighted by Crippen LogP contribution is -2.24. The lowest BCUT2D eigenvalue weighted by atomic mass is 9.90. The maximum absolute atomic E-state index is 5.32. The topological polar surface area (TPSA) is 37.2 Å². The van der Waals surface area contributed by atoms with Crippen LogP contribution in [-0.4, -0.2) is 14.8 Å². The molecule has 1 aromatic heterocycles. The van der Waals surface area contributed by atoms with Crippen LogP contribution in [0, 0.1) is 13.8 Å². The summed E-state index contributed by atoms with van der Waals surface area (Å²) in [5, 5.41) is 5.26. The van der Waals surface area contributed by atoms with Crippen molar-refractivity contribution in [3.8, 4) is 39.6 Å². The predicted octanol–water partition coefficient (Wildman–Crippen LogP) is 13.6. The van der Waals surface area contributed by atoms with Crippen molar-refractivity contribution in [1.82, 2.24) is 14.8 Å². The van der Waals surface area contributed by atoms with Gasteiger partial charge in [0.25, 0.3) is 0 Å². The van der Waals surface area contributed by atoms with Crippen LogP contribution in [0.25, 0.3) is 39.6 Å². The molecule has 5 heteroatoms. The minimum atomic E-state index is 0.685. The predicted molar refractivity (Wildman–Crippen MR) is 242 cm³/mol. The van der Waals surface area contributed by atoms with Crippen LogP contribution in [0.4, 0.5) is 28.4 Å². The molecular formula is C54H43N5. The average molecular weight is 762 g/mol. The van der Waals surface area contributed by atoms with Gasteiger partial charge >= 0.3 is 0 Å². The second-order valence-electron chi connectivity index (χ2n) is 15.9. The quantitative estimate of drug-likeness (QED) is 0.169. The van der Waals surface area contributed by atoms with Crippen molar-refractivity contribution in [2.75, 3.05) is 9.80 Å². The first kappa shape index (κ1) is 35.0. The highest BCUT2D eigenvalue weighted by molar-refractivity contribution is 5.84. The van der Waals surface area contributed by atoms with Gasteiger partial charge in [0.05, 0.1) is 5.69 Å². The van der Waals surface area contributed by atoms with Crippen molar-refractivity contribution in [3.63, 3.8) is 0 Å². The molecule has 0 amide bonds. The monoisotopic (exact) mass is 761 g/mol. The maximum Gasteiger partial charge on any atom is 0.182 e. The molecule has 0 atom stereocenters. The van der Waals surface area contributed by atoms with E-state index in [1.807, 2.05) is 4.68 Å². The molecule has 7 aromatic carbocycles. The molecule has 3 aliphatic rings. The Hall–Kier alpha value is -7.24. The number of benzene rings is 7. The minimum Gasteiger partial charge on any atom is -0.314 e. The second-order valence-corrected chi connectivity index (χ2v) is 15.9. The van der Waals surface area contributed by atoms with Gasteiger partial charge < -0.3 is 9.80 Å². The Kier molecular flexibility index (Phi) is 8.47. The van der Waals surface area contributed by atoms with Crippen LogP contribution in [0.2, 0.25) is 0 Å². The standard InChI is InChI=1S/C54H43N5/c1-36-13-3-8-18-47(36)48-32-31-46(33-37(48)2)59-54(39-25-29-45(30-26-39)58-51-21-11-6-16-42(51)35-43-17-7-12-22-52(43)58)55-53(56-59)38-23-27-44(28-24-38)57-49-19-9-4-14-40(49)34-41-15-5-10-20-50(41)57/h3-11,13-21,23-33H,12,22,34-35H2,1-2H3. The summed E-state index contributed by atoms with van der Waals surface area (Å²) >= 11 is 0. The molecule has 0 spiro atoms. The highest BCUT2D eigenvalue weighted by Gasteiger charge is 2.27. The first-order valence-electron chi connectivity index (χ1n) is 20.6. The number of rotatable bonds is 6. The third-order valence-electron chi connectivity index (χ3n) is 12.2. The largest absolute Gasteiger partial charge is 0.314 e. The molecule has 0 unspecified atom stereocenters. The van der Waals surface area contributed by atoms with Crippen LogP contribution in [0.5, 0.6) is 0 Å². The molecule has 11 rings (SSSR count). The Balaban J connectivity index is 0.998. The van der Waals surface area contributed by atoms with Crippen molar-refractivity contribution < 1.29 is 0 Å². The van der Waals surface area contributed by atoms with E-state index < -0.39 is 0 Å². The van der Waals surface area contributed by atoms with Gasteiger partial charge in [-0.15, -0.1) is 5.10 Å². The average Bonchev–Trinajstić information content (AvgIpc) is 3.73. The molecule has 0 radical (unpaired) electrons. The van der Waals surface area contributed by atoms with Crippen molar-refractivity contribution in [2.24, 2.45) is 0 Å². The Labute approximate surface area is 345 Å². The number of anilines is 5. The molecule has 59 heavy (non-hydrogen) atoms. The highest BCUT2D eigenvalue weighted by atomic mass is 15.4. The summed E-state index contributed by atoms with van der Waals surface area (Å²) in [5.74, 6) is 1.49. The molecule has 0 saturated heterocycles. The number of aryl methyl sites for hydroxylation is 2. The summed E-state index contributed by atoms with van der Waals surface area (Å²) in [5.41, 5.74) is 20.7. The van der Waals surface area contributed by atoms with Crippen LogP contribution < -0.4 is 9.80 Å². The molecule has 5 nitrogen and oxygen atoms in total. The summed E-state index contributed by atoms with van der Waals surface area (Å²) in [7, 11) is 0. The Morgan fingerprint density at radius 1 is 0.492 bits per heavy atom. The van der Waals surface area contributed by atoms with Gasteiger partial charge in [-0.2, -0.15) is 0 Å².